The van der Waals surface area contributed by atoms with E-state index in [9.17, 15) is 32.7 Å². The molecule has 44 heavy (non-hydrogen) atoms. The Labute approximate surface area is 258 Å². The van der Waals surface area contributed by atoms with E-state index in [4.69, 9.17) is 11.6 Å². The van der Waals surface area contributed by atoms with Crippen molar-refractivity contribution in [1.82, 2.24) is 14.8 Å². The number of amides is 3. The predicted octanol–water partition coefficient (Wildman–Crippen LogP) is 2.96. The number of benzene rings is 1. The van der Waals surface area contributed by atoms with Crippen molar-refractivity contribution >= 4 is 46.5 Å². The number of aliphatic hydroxyl groups is 1. The number of hydrogen-bond acceptors (Lipinski definition) is 7. The van der Waals surface area contributed by atoms with E-state index in [2.05, 4.69) is 11.6 Å². The van der Waals surface area contributed by atoms with Gasteiger partial charge in [0.2, 0.25) is 17.7 Å². The van der Waals surface area contributed by atoms with Crippen LogP contribution >= 0.6 is 11.6 Å². The molecule has 1 unspecified atom stereocenters. The second-order valence-electron chi connectivity index (χ2n) is 11.6. The molecule has 2 aromatic rings. The Kier molecular flexibility index (Phi) is 8.67. The van der Waals surface area contributed by atoms with Crippen LogP contribution in [0.25, 0.3) is 0 Å². The highest BCUT2D eigenvalue weighted by molar-refractivity contribution is 6.34. The Morgan fingerprint density at radius 3 is 2.61 bits per heavy atom. The van der Waals surface area contributed by atoms with Crippen LogP contribution in [0, 0.1) is 12.8 Å². The van der Waals surface area contributed by atoms with E-state index < -0.39 is 41.6 Å². The van der Waals surface area contributed by atoms with Gasteiger partial charge in [0.25, 0.3) is 0 Å². The smallest absolute Gasteiger partial charge is 0.390 e. The van der Waals surface area contributed by atoms with Gasteiger partial charge in [-0.05, 0) is 44.3 Å². The molecule has 1 aromatic heterocycles. The summed E-state index contributed by atoms with van der Waals surface area (Å²) in [5.74, 6) is -2.01. The number of para-hydroxylation sites is 1. The Hall–Kier alpha value is -3.68. The molecule has 4 heterocycles. The summed E-state index contributed by atoms with van der Waals surface area (Å²) >= 11 is 6.67. The standard InChI is InChI=1S/C30H34ClF3N6O4/c1-5-25(42)38-13-20(14-38)36(3)15-21(41)16-39-12-18-10-26(43)40(24-11-19(30(32,33)34)9-17(2)35-24)27(18)29(44)37(4)23-8-6-7-22(31)28(23)39/h5-9,11,18,20-21,27,41H,1,10,12-16H2,2-4H3/t18-,21?,27+/m1/s1. The van der Waals surface area contributed by atoms with Gasteiger partial charge in [-0.1, -0.05) is 24.2 Å². The van der Waals surface area contributed by atoms with E-state index in [-0.39, 0.29) is 49.5 Å². The number of hydrogen-bond donors (Lipinski definition) is 1. The SMILES string of the molecule is C=CC(=O)N1CC(N(C)CC(O)CN2C[C@H]3CC(=O)N(c4cc(C(F)(F)F)cc(C)n4)[C@@H]3C(=O)N(C)c3cccc(Cl)c32)C1. The molecule has 10 nitrogen and oxygen atoms in total. The topological polar surface area (TPSA) is 101 Å². The Bertz CT molecular complexity index is 1480. The summed E-state index contributed by atoms with van der Waals surface area (Å²) < 4.78 is 41.0. The van der Waals surface area contributed by atoms with Gasteiger partial charge in [0.1, 0.15) is 11.9 Å². The molecular weight excluding hydrogens is 601 g/mol. The van der Waals surface area contributed by atoms with Crippen LogP contribution in [0.5, 0.6) is 0 Å². The van der Waals surface area contributed by atoms with E-state index in [0.29, 0.717) is 29.5 Å². The average molecular weight is 635 g/mol. The number of pyridine rings is 1. The number of aliphatic hydroxyl groups excluding tert-OH is 1. The van der Waals surface area contributed by atoms with Crippen LogP contribution in [0.2, 0.25) is 5.02 Å². The lowest BCUT2D eigenvalue weighted by molar-refractivity contribution is -0.137. The normalized spacial score (nSPS) is 21.6. The van der Waals surface area contributed by atoms with Crippen molar-refractivity contribution in [3.05, 3.63) is 59.3 Å². The quantitative estimate of drug-likeness (QED) is 0.468. The number of likely N-dealkylation sites (tertiary alicyclic amines) is 1. The minimum absolute atomic E-state index is 0.0622. The summed E-state index contributed by atoms with van der Waals surface area (Å²) in [6.07, 6.45) is -4.39. The fourth-order valence-electron chi connectivity index (χ4n) is 6.27. The molecule has 1 aromatic carbocycles. The maximum atomic E-state index is 14.0. The van der Waals surface area contributed by atoms with Gasteiger partial charge in [-0.25, -0.2) is 4.98 Å². The summed E-state index contributed by atoms with van der Waals surface area (Å²) in [5, 5.41) is 11.6. The average Bonchev–Trinajstić information content (AvgIpc) is 3.24. The minimum Gasteiger partial charge on any atom is -0.390 e. The van der Waals surface area contributed by atoms with Crippen molar-refractivity contribution in [2.75, 3.05) is 61.5 Å². The molecule has 2 saturated heterocycles. The number of carbonyl (C=O) groups excluding carboxylic acids is 3. The molecule has 0 radical (unpaired) electrons. The van der Waals surface area contributed by atoms with Gasteiger partial charge in [0.15, 0.2) is 0 Å². The van der Waals surface area contributed by atoms with Crippen LogP contribution in [0.3, 0.4) is 0 Å². The molecule has 0 aliphatic carbocycles. The van der Waals surface area contributed by atoms with E-state index in [1.54, 1.807) is 23.1 Å². The van der Waals surface area contributed by atoms with Gasteiger partial charge in [-0.2, -0.15) is 13.2 Å². The van der Waals surface area contributed by atoms with Crippen LogP contribution in [-0.2, 0) is 20.6 Å². The van der Waals surface area contributed by atoms with Crippen molar-refractivity contribution in [1.29, 1.82) is 0 Å². The highest BCUT2D eigenvalue weighted by atomic mass is 35.5. The van der Waals surface area contributed by atoms with Crippen molar-refractivity contribution in [3.8, 4) is 0 Å². The Morgan fingerprint density at radius 1 is 1.25 bits per heavy atom. The van der Waals surface area contributed by atoms with Crippen molar-refractivity contribution < 1.29 is 32.7 Å². The highest BCUT2D eigenvalue weighted by Crippen LogP contribution is 2.43. The fraction of sp³-hybridized carbons (Fsp3) is 0.467. The van der Waals surface area contributed by atoms with Crippen molar-refractivity contribution in [2.24, 2.45) is 5.92 Å². The molecule has 0 spiro atoms. The molecule has 3 aliphatic rings. The van der Waals surface area contributed by atoms with Crippen molar-refractivity contribution in [3.63, 3.8) is 0 Å². The molecule has 236 valence electrons. The molecule has 5 rings (SSSR count). The van der Waals surface area contributed by atoms with Gasteiger partial charge in [0, 0.05) is 63.8 Å². The first-order valence-corrected chi connectivity index (χ1v) is 14.6. The highest BCUT2D eigenvalue weighted by Gasteiger charge is 2.49. The lowest BCUT2D eigenvalue weighted by Crippen LogP contribution is -2.61. The number of rotatable bonds is 7. The molecule has 3 aliphatic heterocycles. The number of nitrogens with zero attached hydrogens (tertiary/aromatic N) is 6. The number of aryl methyl sites for hydroxylation is 1. The molecule has 14 heteroatoms. The van der Waals surface area contributed by atoms with E-state index in [1.807, 2.05) is 16.8 Å². The zero-order valence-electron chi connectivity index (χ0n) is 24.6. The van der Waals surface area contributed by atoms with Crippen LogP contribution in [0.4, 0.5) is 30.4 Å². The van der Waals surface area contributed by atoms with Gasteiger partial charge in [-0.15, -0.1) is 0 Å². The summed E-state index contributed by atoms with van der Waals surface area (Å²) in [6, 6.07) is 5.67. The van der Waals surface area contributed by atoms with E-state index in [0.717, 1.165) is 17.0 Å². The lowest BCUT2D eigenvalue weighted by Gasteiger charge is -2.44. The summed E-state index contributed by atoms with van der Waals surface area (Å²) in [7, 11) is 3.39. The molecule has 0 saturated carbocycles. The first kappa shape index (κ1) is 31.7. The third-order valence-corrected chi connectivity index (χ3v) is 8.83. The van der Waals surface area contributed by atoms with Gasteiger partial charge in [0.05, 0.1) is 28.1 Å². The summed E-state index contributed by atoms with van der Waals surface area (Å²) in [6.45, 7) is 6.45. The number of alkyl halides is 3. The molecule has 3 amide bonds. The predicted molar refractivity (Wildman–Crippen MR) is 160 cm³/mol. The van der Waals surface area contributed by atoms with Crippen LogP contribution in [0.1, 0.15) is 17.7 Å². The number of carbonyl (C=O) groups is 3. The number of likely N-dealkylation sites (N-methyl/N-ethyl adjacent to an activating group) is 2. The fourth-order valence-corrected chi connectivity index (χ4v) is 6.56. The number of β-amino-alcohol motifs (C(OH)–C–C–N with tert-alkyl or cyclic N) is 1. The molecule has 3 atom stereocenters. The third-order valence-electron chi connectivity index (χ3n) is 8.53. The maximum Gasteiger partial charge on any atom is 0.416 e. The van der Waals surface area contributed by atoms with Crippen molar-refractivity contribution in [2.45, 2.75) is 37.7 Å². The van der Waals surface area contributed by atoms with Crippen LogP contribution in [-0.4, -0.2) is 103 Å². The van der Waals surface area contributed by atoms with Gasteiger partial charge in [-0.3, -0.25) is 24.2 Å². The lowest BCUT2D eigenvalue weighted by atomic mass is 9.95. The van der Waals surface area contributed by atoms with E-state index in [1.165, 1.54) is 24.9 Å². The van der Waals surface area contributed by atoms with Gasteiger partial charge >= 0.3 is 6.18 Å². The van der Waals surface area contributed by atoms with Gasteiger partial charge < -0.3 is 19.8 Å². The number of halogens is 4. The number of fused-ring (bicyclic) bond motifs is 2. The summed E-state index contributed by atoms with van der Waals surface area (Å²) in [4.78, 5) is 51.3. The third kappa shape index (κ3) is 6.00. The Balaban J connectivity index is 1.44. The van der Waals surface area contributed by atoms with Crippen LogP contribution < -0.4 is 14.7 Å². The molecule has 0 bridgehead atoms. The first-order chi connectivity index (χ1) is 20.7. The molecule has 2 fully saturated rings. The largest absolute Gasteiger partial charge is 0.416 e. The Morgan fingerprint density at radius 2 is 1.95 bits per heavy atom. The number of aromatic nitrogens is 1. The van der Waals surface area contributed by atoms with E-state index >= 15 is 0 Å². The second-order valence-corrected chi connectivity index (χ2v) is 12.0. The second kappa shape index (κ2) is 12.0. The maximum absolute atomic E-state index is 14.0. The molecular formula is C30H34ClF3N6O4. The van der Waals surface area contributed by atoms with Crippen LogP contribution in [0.15, 0.2) is 43.0 Å². The zero-order valence-corrected chi connectivity index (χ0v) is 25.3. The monoisotopic (exact) mass is 634 g/mol. The molecule has 1 N–H and O–H groups in total. The number of anilines is 3. The minimum atomic E-state index is -4.67. The summed E-state index contributed by atoms with van der Waals surface area (Å²) in [5.41, 5.74) is 0.0477. The first-order valence-electron chi connectivity index (χ1n) is 14.2. The zero-order chi connectivity index (χ0) is 32.1.